The zero-order chi connectivity index (χ0) is 14.4. The van der Waals surface area contributed by atoms with E-state index in [1.165, 1.54) is 35.0 Å². The number of carbonyl (C=O) groups excluding carboxylic acids is 2. The van der Waals surface area contributed by atoms with Gasteiger partial charge in [-0.2, -0.15) is 0 Å². The molecule has 1 aromatic heterocycles. The summed E-state index contributed by atoms with van der Waals surface area (Å²) in [5.41, 5.74) is 0.206. The lowest BCUT2D eigenvalue weighted by Gasteiger charge is -2.15. The predicted molar refractivity (Wildman–Crippen MR) is 63.7 cm³/mol. The first kappa shape index (κ1) is 12.3. The molecule has 0 fully saturated rings. The van der Waals surface area contributed by atoms with E-state index < -0.39 is 17.7 Å². The van der Waals surface area contributed by atoms with Crippen molar-refractivity contribution in [3.63, 3.8) is 0 Å². The summed E-state index contributed by atoms with van der Waals surface area (Å²) in [5, 5.41) is 11.0. The van der Waals surface area contributed by atoms with Crippen molar-refractivity contribution in [1.29, 1.82) is 0 Å². The highest BCUT2D eigenvalue weighted by molar-refractivity contribution is 5.99. The minimum absolute atomic E-state index is 0.0102. The summed E-state index contributed by atoms with van der Waals surface area (Å²) < 4.78 is 15.3. The second-order valence-corrected chi connectivity index (χ2v) is 4.49. The molecular formula is C13H9FN3O3-. The van der Waals surface area contributed by atoms with Crippen molar-refractivity contribution in [3.8, 4) is 5.69 Å². The number of hydrogen-bond acceptors (Lipinski definition) is 4. The van der Waals surface area contributed by atoms with Gasteiger partial charge in [0.1, 0.15) is 17.8 Å². The van der Waals surface area contributed by atoms with E-state index in [0.717, 1.165) is 0 Å². The quantitative estimate of drug-likeness (QED) is 0.731. The molecule has 0 bridgehead atoms. The first-order valence-corrected chi connectivity index (χ1v) is 5.82. The normalized spacial score (nSPS) is 13.7. The molecule has 6 nitrogen and oxygen atoms in total. The van der Waals surface area contributed by atoms with Gasteiger partial charge in [-0.1, -0.05) is 6.07 Å². The average molecular weight is 274 g/mol. The lowest BCUT2D eigenvalue weighted by atomic mass is 10.1. The molecular weight excluding hydrogens is 265 g/mol. The molecule has 0 aliphatic carbocycles. The smallest absolute Gasteiger partial charge is 0.259 e. The highest BCUT2D eigenvalue weighted by atomic mass is 19.1. The van der Waals surface area contributed by atoms with Gasteiger partial charge in [0.05, 0.1) is 29.5 Å². The Labute approximate surface area is 113 Å². The van der Waals surface area contributed by atoms with Crippen molar-refractivity contribution in [3.05, 3.63) is 47.3 Å². The maximum absolute atomic E-state index is 13.9. The second kappa shape index (κ2) is 4.16. The van der Waals surface area contributed by atoms with Gasteiger partial charge in [-0.25, -0.2) is 9.37 Å². The maximum atomic E-state index is 13.9. The highest BCUT2D eigenvalue weighted by Crippen LogP contribution is 2.26. The molecule has 0 spiro atoms. The van der Waals surface area contributed by atoms with Gasteiger partial charge in [0.2, 0.25) is 0 Å². The molecule has 0 unspecified atom stereocenters. The molecule has 102 valence electrons. The Morgan fingerprint density at radius 2 is 2.20 bits per heavy atom. The number of nitrogens with zero attached hydrogens (tertiary/aromatic N) is 3. The number of halogens is 1. The van der Waals surface area contributed by atoms with Gasteiger partial charge in [0.15, 0.2) is 0 Å². The molecule has 3 rings (SSSR count). The standard InChI is InChI=1S/C13H10FN3O3/c1-16-5-9-11(13(19)20)15-6-17(9)8-4-2-3-7(14)10(8)12(16)18/h2-4,6H,5H2,1H3,(H,19,20)/p-1. The lowest BCUT2D eigenvalue weighted by Crippen LogP contribution is -2.28. The Balaban J connectivity index is 2.35. The topological polar surface area (TPSA) is 78.3 Å². The fraction of sp³-hybridized carbons (Fsp3) is 0.154. The van der Waals surface area contributed by atoms with Crippen LogP contribution in [0.1, 0.15) is 26.5 Å². The molecule has 7 heteroatoms. The molecule has 0 saturated carbocycles. The fourth-order valence-electron chi connectivity index (χ4n) is 2.32. The van der Waals surface area contributed by atoms with Crippen LogP contribution in [0.2, 0.25) is 0 Å². The van der Waals surface area contributed by atoms with Gasteiger partial charge >= 0.3 is 0 Å². The van der Waals surface area contributed by atoms with E-state index in [4.69, 9.17) is 0 Å². The minimum atomic E-state index is -1.43. The average Bonchev–Trinajstić information content (AvgIpc) is 2.77. The number of carboxylic acids is 1. The van der Waals surface area contributed by atoms with Crippen molar-refractivity contribution in [2.75, 3.05) is 7.05 Å². The summed E-state index contributed by atoms with van der Waals surface area (Å²) in [6.07, 6.45) is 1.26. The van der Waals surface area contributed by atoms with Crippen molar-refractivity contribution in [2.45, 2.75) is 6.54 Å². The van der Waals surface area contributed by atoms with E-state index in [0.29, 0.717) is 0 Å². The summed E-state index contributed by atoms with van der Waals surface area (Å²) in [7, 11) is 1.47. The molecule has 1 aromatic carbocycles. The lowest BCUT2D eigenvalue weighted by molar-refractivity contribution is -0.255. The highest BCUT2D eigenvalue weighted by Gasteiger charge is 2.28. The first-order chi connectivity index (χ1) is 9.50. The zero-order valence-electron chi connectivity index (χ0n) is 10.5. The Morgan fingerprint density at radius 3 is 2.90 bits per heavy atom. The number of hydrogen-bond donors (Lipinski definition) is 0. The van der Waals surface area contributed by atoms with Crippen LogP contribution in [-0.4, -0.2) is 33.4 Å². The Morgan fingerprint density at radius 1 is 1.45 bits per heavy atom. The Hall–Kier alpha value is -2.70. The number of benzene rings is 1. The molecule has 1 amide bonds. The van der Waals surface area contributed by atoms with E-state index >= 15 is 0 Å². The van der Waals surface area contributed by atoms with Crippen molar-refractivity contribution in [1.82, 2.24) is 14.5 Å². The third-order valence-electron chi connectivity index (χ3n) is 3.26. The molecule has 0 N–H and O–H groups in total. The summed E-state index contributed by atoms with van der Waals surface area (Å²) >= 11 is 0. The largest absolute Gasteiger partial charge is 0.543 e. The van der Waals surface area contributed by atoms with Gasteiger partial charge in [-0.3, -0.25) is 9.36 Å². The van der Waals surface area contributed by atoms with Crippen LogP contribution in [0.25, 0.3) is 5.69 Å². The number of fused-ring (bicyclic) bond motifs is 3. The van der Waals surface area contributed by atoms with Crippen LogP contribution in [0, 0.1) is 5.82 Å². The molecule has 1 aliphatic rings. The number of aromatic nitrogens is 2. The molecule has 0 saturated heterocycles. The maximum Gasteiger partial charge on any atom is 0.259 e. The minimum Gasteiger partial charge on any atom is -0.543 e. The third kappa shape index (κ3) is 1.59. The molecule has 1 aliphatic heterocycles. The second-order valence-electron chi connectivity index (χ2n) is 4.49. The number of amides is 1. The summed E-state index contributed by atoms with van der Waals surface area (Å²) in [4.78, 5) is 28.3. The van der Waals surface area contributed by atoms with E-state index in [2.05, 4.69) is 4.98 Å². The van der Waals surface area contributed by atoms with Gasteiger partial charge < -0.3 is 14.8 Å². The van der Waals surface area contributed by atoms with Crippen LogP contribution >= 0.6 is 0 Å². The van der Waals surface area contributed by atoms with Crippen molar-refractivity contribution in [2.24, 2.45) is 0 Å². The molecule has 0 atom stereocenters. The zero-order valence-corrected chi connectivity index (χ0v) is 10.5. The van der Waals surface area contributed by atoms with Crippen LogP contribution in [-0.2, 0) is 6.54 Å². The van der Waals surface area contributed by atoms with Crippen LogP contribution in [0.3, 0.4) is 0 Å². The Bertz CT molecular complexity index is 738. The van der Waals surface area contributed by atoms with Gasteiger partial charge in [-0.15, -0.1) is 0 Å². The third-order valence-corrected chi connectivity index (χ3v) is 3.26. The number of imidazole rings is 1. The summed E-state index contributed by atoms with van der Waals surface area (Å²) in [6, 6.07) is 4.18. The monoisotopic (exact) mass is 274 g/mol. The van der Waals surface area contributed by atoms with Crippen molar-refractivity contribution < 1.29 is 19.1 Å². The number of carboxylic acid groups (broad SMARTS) is 1. The van der Waals surface area contributed by atoms with E-state index in [1.807, 2.05) is 0 Å². The molecule has 0 radical (unpaired) electrons. The summed E-state index contributed by atoms with van der Waals surface area (Å²) in [5.74, 6) is -2.60. The number of carbonyl (C=O) groups is 2. The van der Waals surface area contributed by atoms with Crippen molar-refractivity contribution >= 4 is 11.9 Å². The van der Waals surface area contributed by atoms with Crippen LogP contribution < -0.4 is 5.11 Å². The molecule has 2 aromatic rings. The first-order valence-electron chi connectivity index (χ1n) is 5.82. The fourth-order valence-corrected chi connectivity index (χ4v) is 2.32. The van der Waals surface area contributed by atoms with Crippen LogP contribution in [0.4, 0.5) is 4.39 Å². The van der Waals surface area contributed by atoms with Gasteiger partial charge in [-0.05, 0) is 12.1 Å². The van der Waals surface area contributed by atoms with E-state index in [9.17, 15) is 19.1 Å². The Kier molecular flexibility index (Phi) is 2.56. The van der Waals surface area contributed by atoms with E-state index in [-0.39, 0.29) is 29.2 Å². The molecule has 2 heterocycles. The number of aromatic carboxylic acids is 1. The SMILES string of the molecule is CN1Cc2c(C(=O)[O-])ncn2-c2cccc(F)c2C1=O. The van der Waals surface area contributed by atoms with Crippen LogP contribution in [0.5, 0.6) is 0 Å². The molecule has 20 heavy (non-hydrogen) atoms. The van der Waals surface area contributed by atoms with Crippen LogP contribution in [0.15, 0.2) is 24.5 Å². The van der Waals surface area contributed by atoms with Gasteiger partial charge in [0, 0.05) is 7.05 Å². The predicted octanol–water partition coefficient (Wildman–Crippen LogP) is -0.0395. The van der Waals surface area contributed by atoms with E-state index in [1.54, 1.807) is 6.07 Å². The van der Waals surface area contributed by atoms with Gasteiger partial charge in [0.25, 0.3) is 5.91 Å². The number of rotatable bonds is 1. The summed E-state index contributed by atoms with van der Waals surface area (Å²) in [6.45, 7) is 0.0102.